The Hall–Kier alpha value is -2.48. The first kappa shape index (κ1) is 17.0. The zero-order chi connectivity index (χ0) is 18.0. The Morgan fingerprint density at radius 2 is 2.31 bits per heavy atom. The summed E-state index contributed by atoms with van der Waals surface area (Å²) in [6.45, 7) is 4.33. The van der Waals surface area contributed by atoms with Gasteiger partial charge < -0.3 is 18.9 Å². The van der Waals surface area contributed by atoms with E-state index in [4.69, 9.17) is 14.0 Å². The van der Waals surface area contributed by atoms with E-state index in [9.17, 15) is 4.79 Å². The summed E-state index contributed by atoms with van der Waals surface area (Å²) >= 11 is 0. The third-order valence-electron chi connectivity index (χ3n) is 5.00. The van der Waals surface area contributed by atoms with Crippen LogP contribution in [0.25, 0.3) is 0 Å². The van der Waals surface area contributed by atoms with E-state index in [2.05, 4.69) is 15.1 Å². The van der Waals surface area contributed by atoms with Crippen LogP contribution in [0.15, 0.2) is 29.2 Å². The van der Waals surface area contributed by atoms with Gasteiger partial charge in [-0.3, -0.25) is 9.78 Å². The fourth-order valence-corrected chi connectivity index (χ4v) is 3.71. The highest BCUT2D eigenvalue weighted by Gasteiger charge is 2.49. The van der Waals surface area contributed by atoms with Gasteiger partial charge in [-0.25, -0.2) is 4.98 Å². The summed E-state index contributed by atoms with van der Waals surface area (Å²) in [6.07, 6.45) is 7.76. The molecule has 1 atom stereocenters. The van der Waals surface area contributed by atoms with Crippen LogP contribution in [0.4, 0.5) is 0 Å². The third kappa shape index (κ3) is 3.55. The molecule has 0 unspecified atom stereocenters. The molecule has 2 saturated heterocycles. The highest BCUT2D eigenvalue weighted by molar-refractivity contribution is 5.93. The van der Waals surface area contributed by atoms with E-state index in [1.54, 1.807) is 36.5 Å². The van der Waals surface area contributed by atoms with Crippen LogP contribution in [0.3, 0.4) is 0 Å². The molecule has 8 nitrogen and oxygen atoms in total. The van der Waals surface area contributed by atoms with Gasteiger partial charge in [-0.1, -0.05) is 5.16 Å². The van der Waals surface area contributed by atoms with Gasteiger partial charge in [0.2, 0.25) is 5.88 Å². The molecule has 2 aliphatic rings. The van der Waals surface area contributed by atoms with Crippen molar-refractivity contribution in [3.05, 3.63) is 36.1 Å². The molecule has 1 amide bonds. The average Bonchev–Trinajstić information content (AvgIpc) is 3.07. The number of nitrogens with zero attached hydrogens (tertiary/aromatic N) is 4. The van der Waals surface area contributed by atoms with Crippen LogP contribution in [0.2, 0.25) is 0 Å². The fourth-order valence-electron chi connectivity index (χ4n) is 3.71. The van der Waals surface area contributed by atoms with Gasteiger partial charge in [-0.15, -0.1) is 0 Å². The SMILES string of the molecule is Cc1cc(C(=O)N2CC3(C[C@@H](CCOc4cnccn4)CCO3)C2)no1. The smallest absolute Gasteiger partial charge is 0.276 e. The van der Waals surface area contributed by atoms with Crippen molar-refractivity contribution in [1.82, 2.24) is 20.0 Å². The number of carbonyl (C=O) groups is 1. The summed E-state index contributed by atoms with van der Waals surface area (Å²) < 4.78 is 16.7. The second kappa shape index (κ2) is 7.03. The monoisotopic (exact) mass is 358 g/mol. The zero-order valence-corrected chi connectivity index (χ0v) is 14.8. The van der Waals surface area contributed by atoms with Gasteiger partial charge in [0, 0.05) is 25.1 Å². The van der Waals surface area contributed by atoms with Crippen LogP contribution in [-0.2, 0) is 4.74 Å². The molecule has 4 heterocycles. The summed E-state index contributed by atoms with van der Waals surface area (Å²) in [7, 11) is 0. The Bertz CT molecular complexity index is 758. The number of rotatable bonds is 5. The molecule has 138 valence electrons. The standard InChI is InChI=1S/C18H22N4O4/c1-13-8-15(21-26-13)17(23)22-11-18(12-22)9-14(3-7-25-18)2-6-24-16-10-19-4-5-20-16/h4-5,8,10,14H,2-3,6-7,9,11-12H2,1H3/t14-/m0/s1. The molecule has 2 aromatic rings. The first-order valence-corrected chi connectivity index (χ1v) is 8.89. The second-order valence-corrected chi connectivity index (χ2v) is 7.06. The van der Waals surface area contributed by atoms with Gasteiger partial charge in [-0.2, -0.15) is 0 Å². The lowest BCUT2D eigenvalue weighted by molar-refractivity contribution is -0.167. The van der Waals surface area contributed by atoms with E-state index in [0.29, 0.717) is 42.9 Å². The van der Waals surface area contributed by atoms with E-state index in [0.717, 1.165) is 25.9 Å². The summed E-state index contributed by atoms with van der Waals surface area (Å²) in [4.78, 5) is 22.3. The minimum Gasteiger partial charge on any atom is -0.477 e. The number of aromatic nitrogens is 3. The molecule has 0 aliphatic carbocycles. The number of likely N-dealkylation sites (tertiary alicyclic amines) is 1. The maximum absolute atomic E-state index is 12.4. The number of amides is 1. The molecule has 8 heteroatoms. The number of carbonyl (C=O) groups excluding carboxylic acids is 1. The lowest BCUT2D eigenvalue weighted by Crippen LogP contribution is -2.66. The Morgan fingerprint density at radius 1 is 1.42 bits per heavy atom. The molecule has 0 N–H and O–H groups in total. The van der Waals surface area contributed by atoms with E-state index in [1.807, 2.05) is 0 Å². The average molecular weight is 358 g/mol. The number of aryl methyl sites for hydroxylation is 1. The van der Waals surface area contributed by atoms with Gasteiger partial charge in [-0.05, 0) is 32.1 Å². The normalized spacial score (nSPS) is 21.4. The van der Waals surface area contributed by atoms with E-state index < -0.39 is 0 Å². The first-order chi connectivity index (χ1) is 12.6. The molecule has 2 fully saturated rings. The molecule has 0 radical (unpaired) electrons. The second-order valence-electron chi connectivity index (χ2n) is 7.06. The quantitative estimate of drug-likeness (QED) is 0.806. The van der Waals surface area contributed by atoms with Gasteiger partial charge >= 0.3 is 0 Å². The van der Waals surface area contributed by atoms with E-state index in [-0.39, 0.29) is 11.5 Å². The fraction of sp³-hybridized carbons (Fsp3) is 0.556. The number of ether oxygens (including phenoxy) is 2. The topological polar surface area (TPSA) is 90.6 Å². The molecule has 2 aromatic heterocycles. The zero-order valence-electron chi connectivity index (χ0n) is 14.8. The van der Waals surface area contributed by atoms with Crippen LogP contribution < -0.4 is 4.74 Å². The Balaban J connectivity index is 1.26. The molecule has 1 spiro atoms. The Labute approximate surface area is 151 Å². The highest BCUT2D eigenvalue weighted by atomic mass is 16.5. The van der Waals surface area contributed by atoms with Crippen LogP contribution in [0.1, 0.15) is 35.5 Å². The third-order valence-corrected chi connectivity index (χ3v) is 5.00. The number of hydrogen-bond acceptors (Lipinski definition) is 7. The minimum absolute atomic E-state index is 0.0933. The summed E-state index contributed by atoms with van der Waals surface area (Å²) in [5.74, 6) is 1.62. The first-order valence-electron chi connectivity index (χ1n) is 8.89. The molecule has 4 rings (SSSR count). The predicted octanol–water partition coefficient (Wildman–Crippen LogP) is 1.86. The molecular weight excluding hydrogens is 336 g/mol. The lowest BCUT2D eigenvalue weighted by atomic mass is 9.79. The predicted molar refractivity (Wildman–Crippen MR) is 90.7 cm³/mol. The maximum atomic E-state index is 12.4. The molecule has 2 aliphatic heterocycles. The van der Waals surface area contributed by atoms with Gasteiger partial charge in [0.15, 0.2) is 5.69 Å². The van der Waals surface area contributed by atoms with Crippen LogP contribution in [-0.4, -0.2) is 57.8 Å². The van der Waals surface area contributed by atoms with Crippen molar-refractivity contribution in [1.29, 1.82) is 0 Å². The van der Waals surface area contributed by atoms with Crippen LogP contribution in [0, 0.1) is 12.8 Å². The molecule has 26 heavy (non-hydrogen) atoms. The highest BCUT2D eigenvalue weighted by Crippen LogP contribution is 2.38. The van der Waals surface area contributed by atoms with Crippen molar-refractivity contribution in [2.75, 3.05) is 26.3 Å². The van der Waals surface area contributed by atoms with Crippen molar-refractivity contribution < 1.29 is 18.8 Å². The minimum atomic E-state index is -0.218. The summed E-state index contributed by atoms with van der Waals surface area (Å²) in [5.41, 5.74) is 0.145. The van der Waals surface area contributed by atoms with Gasteiger partial charge in [0.1, 0.15) is 11.4 Å². The Morgan fingerprint density at radius 3 is 3.04 bits per heavy atom. The van der Waals surface area contributed by atoms with Gasteiger partial charge in [0.05, 0.1) is 25.9 Å². The van der Waals surface area contributed by atoms with Crippen molar-refractivity contribution in [2.24, 2.45) is 5.92 Å². The van der Waals surface area contributed by atoms with Crippen LogP contribution in [0.5, 0.6) is 5.88 Å². The molecule has 0 saturated carbocycles. The summed E-state index contributed by atoms with van der Waals surface area (Å²) in [6, 6.07) is 1.67. The van der Waals surface area contributed by atoms with Crippen molar-refractivity contribution >= 4 is 5.91 Å². The lowest BCUT2D eigenvalue weighted by Gasteiger charge is -2.53. The van der Waals surface area contributed by atoms with Crippen molar-refractivity contribution in [3.63, 3.8) is 0 Å². The molecule has 0 aromatic carbocycles. The van der Waals surface area contributed by atoms with Crippen LogP contribution >= 0.6 is 0 Å². The van der Waals surface area contributed by atoms with Crippen molar-refractivity contribution in [2.45, 2.75) is 31.8 Å². The number of hydrogen-bond donors (Lipinski definition) is 0. The summed E-state index contributed by atoms with van der Waals surface area (Å²) in [5, 5.41) is 3.80. The van der Waals surface area contributed by atoms with E-state index >= 15 is 0 Å². The molecular formula is C18H22N4O4. The van der Waals surface area contributed by atoms with Gasteiger partial charge in [0.25, 0.3) is 5.91 Å². The molecule has 0 bridgehead atoms. The Kier molecular flexibility index (Phi) is 4.58. The maximum Gasteiger partial charge on any atom is 0.276 e. The largest absolute Gasteiger partial charge is 0.477 e. The van der Waals surface area contributed by atoms with E-state index in [1.165, 1.54) is 0 Å². The van der Waals surface area contributed by atoms with Crippen molar-refractivity contribution in [3.8, 4) is 5.88 Å².